The van der Waals surface area contributed by atoms with E-state index in [4.69, 9.17) is 33.2 Å². The first-order valence-corrected chi connectivity index (χ1v) is 31.6. The second-order valence-electron chi connectivity index (χ2n) is 22.0. The maximum Gasteiger partial charge on any atom is 0.339 e. The number of ether oxygens (including phenoxy) is 7. The van der Waals surface area contributed by atoms with E-state index >= 15 is 0 Å². The highest BCUT2D eigenvalue weighted by atomic mass is 16.6. The van der Waals surface area contributed by atoms with Crippen molar-refractivity contribution in [2.24, 2.45) is 5.92 Å². The van der Waals surface area contributed by atoms with Crippen molar-refractivity contribution in [3.63, 3.8) is 0 Å². The van der Waals surface area contributed by atoms with E-state index in [1.807, 2.05) is 19.0 Å². The number of aldehydes is 1. The Bertz CT molecular complexity index is 1410. The Balaban J connectivity index is 5.27. The molecule has 0 amide bonds. The van der Waals surface area contributed by atoms with Crippen LogP contribution in [0.3, 0.4) is 0 Å². The molecule has 1 atom stereocenters. The van der Waals surface area contributed by atoms with Crippen molar-refractivity contribution >= 4 is 42.1 Å². The SMILES string of the molecule is CCCCCCCC(=O)OCCCCCCCCCOC(=O)CC(CC(=O)OCCCCCCCCCOC(=O)CCCCCCC)(OCC(C=O)CN(C)C)C(=O)OCCCCCCCCCOC(=O)CCCCCCC. The zero-order chi connectivity index (χ0) is 57.4. The van der Waals surface area contributed by atoms with E-state index in [0.717, 1.165) is 180 Å². The van der Waals surface area contributed by atoms with E-state index in [9.17, 15) is 33.6 Å². The smallest absolute Gasteiger partial charge is 0.339 e. The zero-order valence-electron chi connectivity index (χ0n) is 50.5. The Morgan fingerprint density at radius 1 is 0.359 bits per heavy atom. The van der Waals surface area contributed by atoms with Gasteiger partial charge in [0.15, 0.2) is 5.60 Å². The van der Waals surface area contributed by atoms with Crippen LogP contribution in [0.4, 0.5) is 0 Å². The summed E-state index contributed by atoms with van der Waals surface area (Å²) in [6, 6.07) is 0. The lowest BCUT2D eigenvalue weighted by atomic mass is 9.94. The van der Waals surface area contributed by atoms with Crippen LogP contribution in [0.15, 0.2) is 0 Å². The molecule has 15 nitrogen and oxygen atoms in total. The van der Waals surface area contributed by atoms with E-state index in [1.165, 1.54) is 38.5 Å². The molecular weight excluding hydrogens is 995 g/mol. The Labute approximate surface area is 474 Å². The normalized spacial score (nSPS) is 11.8. The van der Waals surface area contributed by atoms with Gasteiger partial charge in [0.1, 0.15) is 6.29 Å². The highest BCUT2D eigenvalue weighted by molar-refractivity contribution is 5.90. The van der Waals surface area contributed by atoms with Gasteiger partial charge in [-0.05, 0) is 71.9 Å². The number of esters is 6. The zero-order valence-corrected chi connectivity index (χ0v) is 50.5. The van der Waals surface area contributed by atoms with Gasteiger partial charge in [0.25, 0.3) is 0 Å². The summed E-state index contributed by atoms with van der Waals surface area (Å²) in [6.45, 7) is 8.31. The Kier molecular flexibility index (Phi) is 52.8. The van der Waals surface area contributed by atoms with Crippen molar-refractivity contribution in [3.05, 3.63) is 0 Å². The largest absolute Gasteiger partial charge is 0.466 e. The van der Waals surface area contributed by atoms with E-state index < -0.39 is 42.3 Å². The maximum absolute atomic E-state index is 14.2. The number of rotatable bonds is 59. The van der Waals surface area contributed by atoms with Crippen LogP contribution in [0.25, 0.3) is 0 Å². The first kappa shape index (κ1) is 74.4. The van der Waals surface area contributed by atoms with Crippen molar-refractivity contribution in [2.45, 2.75) is 290 Å². The fraction of sp³-hybridized carbons (Fsp3) is 0.889. The summed E-state index contributed by atoms with van der Waals surface area (Å²) >= 11 is 0. The van der Waals surface area contributed by atoms with Gasteiger partial charge in [-0.15, -0.1) is 0 Å². The van der Waals surface area contributed by atoms with E-state index in [1.54, 1.807) is 0 Å². The number of unbranched alkanes of at least 4 members (excludes halogenated alkanes) is 30. The van der Waals surface area contributed by atoms with Crippen LogP contribution in [-0.2, 0) is 66.7 Å². The summed E-state index contributed by atoms with van der Waals surface area (Å²) in [5, 5.41) is 0. The molecule has 0 spiro atoms. The van der Waals surface area contributed by atoms with Crippen LogP contribution in [0.2, 0.25) is 0 Å². The average Bonchev–Trinajstić information content (AvgIpc) is 3.46. The van der Waals surface area contributed by atoms with Crippen molar-refractivity contribution in [1.82, 2.24) is 4.90 Å². The summed E-state index contributed by atoms with van der Waals surface area (Å²) < 4.78 is 39.5. The lowest BCUT2D eigenvalue weighted by molar-refractivity contribution is -0.187. The summed E-state index contributed by atoms with van der Waals surface area (Å²) in [7, 11) is 3.63. The summed E-state index contributed by atoms with van der Waals surface area (Å²) in [5.41, 5.74) is -2.06. The van der Waals surface area contributed by atoms with E-state index in [0.29, 0.717) is 64.9 Å². The Morgan fingerprint density at radius 3 is 0.897 bits per heavy atom. The van der Waals surface area contributed by atoms with Crippen molar-refractivity contribution in [3.8, 4) is 0 Å². The van der Waals surface area contributed by atoms with Gasteiger partial charge in [0.05, 0.1) is 65.0 Å². The second-order valence-corrected chi connectivity index (χ2v) is 22.0. The Morgan fingerprint density at radius 2 is 0.615 bits per heavy atom. The molecule has 78 heavy (non-hydrogen) atoms. The molecule has 15 heteroatoms. The standard InChI is InChI=1S/C63H115NO14/c1-6-9-12-24-33-42-57(66)72-45-36-27-18-15-21-30-39-48-75-60(69)51-63(78-55-56(54-65)53-64(4)5,62(71)77-50-41-32-23-17-20-29-38-47-74-59(68)44-35-26-14-11-8-3)52-61(70)76-49-40-31-22-16-19-28-37-46-73-58(67)43-34-25-13-10-7-2/h54,56H,6-53,55H2,1-5H3. The second kappa shape index (κ2) is 55.3. The van der Waals surface area contributed by atoms with Gasteiger partial charge in [-0.25, -0.2) is 4.79 Å². The number of hydrogen-bond donors (Lipinski definition) is 0. The van der Waals surface area contributed by atoms with Crippen LogP contribution in [0.1, 0.15) is 284 Å². The van der Waals surface area contributed by atoms with Crippen molar-refractivity contribution in [1.29, 1.82) is 0 Å². The third kappa shape index (κ3) is 48.3. The fourth-order valence-corrected chi connectivity index (χ4v) is 9.13. The van der Waals surface area contributed by atoms with E-state index in [2.05, 4.69) is 20.8 Å². The minimum atomic E-state index is -2.06. The lowest BCUT2D eigenvalue weighted by Gasteiger charge is -2.31. The molecule has 0 aliphatic carbocycles. The van der Waals surface area contributed by atoms with Gasteiger partial charge in [-0.2, -0.15) is 0 Å². The van der Waals surface area contributed by atoms with Gasteiger partial charge in [0, 0.05) is 25.8 Å². The first-order valence-electron chi connectivity index (χ1n) is 31.6. The molecule has 0 aliphatic heterocycles. The summed E-state index contributed by atoms with van der Waals surface area (Å²) in [6.07, 6.45) is 36.1. The molecule has 0 saturated carbocycles. The quantitative estimate of drug-likeness (QED) is 0.0242. The lowest BCUT2D eigenvalue weighted by Crippen LogP contribution is -2.48. The predicted octanol–water partition coefficient (Wildman–Crippen LogP) is 14.4. The number of carbonyl (C=O) groups excluding carboxylic acids is 7. The highest BCUT2D eigenvalue weighted by Crippen LogP contribution is 2.27. The van der Waals surface area contributed by atoms with Crippen molar-refractivity contribution < 1.29 is 66.7 Å². The molecule has 0 radical (unpaired) electrons. The Hall–Kier alpha value is -3.59. The van der Waals surface area contributed by atoms with Crippen LogP contribution >= 0.6 is 0 Å². The molecule has 0 heterocycles. The maximum atomic E-state index is 14.2. The average molecular weight is 1110 g/mol. The molecule has 0 aromatic heterocycles. The minimum Gasteiger partial charge on any atom is -0.466 e. The van der Waals surface area contributed by atoms with Crippen molar-refractivity contribution in [2.75, 3.05) is 66.9 Å². The van der Waals surface area contributed by atoms with Crippen LogP contribution < -0.4 is 0 Å². The molecular formula is C63H115NO14. The molecule has 0 aromatic carbocycles. The summed E-state index contributed by atoms with van der Waals surface area (Å²) in [4.78, 5) is 91.3. The van der Waals surface area contributed by atoms with Crippen LogP contribution in [0, 0.1) is 5.92 Å². The number of carbonyl (C=O) groups is 7. The monoisotopic (exact) mass is 1110 g/mol. The van der Waals surface area contributed by atoms with Gasteiger partial charge < -0.3 is 42.9 Å². The fourth-order valence-electron chi connectivity index (χ4n) is 9.13. The van der Waals surface area contributed by atoms with Gasteiger partial charge in [-0.1, -0.05) is 194 Å². The molecule has 0 fully saturated rings. The summed E-state index contributed by atoms with van der Waals surface area (Å²) in [5.74, 6) is -3.26. The van der Waals surface area contributed by atoms with Gasteiger partial charge in [-0.3, -0.25) is 24.0 Å². The number of hydrogen-bond acceptors (Lipinski definition) is 15. The molecule has 0 aromatic rings. The molecule has 1 unspecified atom stereocenters. The van der Waals surface area contributed by atoms with E-state index in [-0.39, 0.29) is 44.3 Å². The highest BCUT2D eigenvalue weighted by Gasteiger charge is 2.47. The third-order valence-electron chi connectivity index (χ3n) is 14.0. The molecule has 0 N–H and O–H groups in total. The van der Waals surface area contributed by atoms with Gasteiger partial charge >= 0.3 is 35.8 Å². The van der Waals surface area contributed by atoms with Crippen LogP contribution in [-0.4, -0.2) is 119 Å². The van der Waals surface area contributed by atoms with Gasteiger partial charge in [0.2, 0.25) is 0 Å². The molecule has 0 bridgehead atoms. The molecule has 0 aliphatic rings. The molecule has 456 valence electrons. The topological polar surface area (TPSA) is 187 Å². The third-order valence-corrected chi connectivity index (χ3v) is 14.0. The predicted molar refractivity (Wildman–Crippen MR) is 309 cm³/mol. The van der Waals surface area contributed by atoms with Crippen LogP contribution in [0.5, 0.6) is 0 Å². The molecule has 0 rings (SSSR count). The number of nitrogens with zero attached hydrogens (tertiary/aromatic N) is 1. The minimum absolute atomic E-state index is 0.0614. The molecule has 0 saturated heterocycles. The first-order chi connectivity index (χ1) is 37.9.